The Bertz CT molecular complexity index is 327. The van der Waals surface area contributed by atoms with Crippen molar-refractivity contribution < 1.29 is 17.9 Å². The molecular formula is C8H6ClF3OS. The van der Waals surface area contributed by atoms with Gasteiger partial charge in [-0.1, -0.05) is 11.6 Å². The molecule has 14 heavy (non-hydrogen) atoms. The van der Waals surface area contributed by atoms with Crippen LogP contribution in [-0.4, -0.2) is 12.6 Å². The zero-order valence-corrected chi connectivity index (χ0v) is 8.63. The van der Waals surface area contributed by atoms with Crippen molar-refractivity contribution in [2.75, 3.05) is 6.26 Å². The van der Waals surface area contributed by atoms with Gasteiger partial charge in [-0.25, -0.2) is 0 Å². The largest absolute Gasteiger partial charge is 0.573 e. The lowest BCUT2D eigenvalue weighted by Crippen LogP contribution is -2.17. The number of hydrogen-bond acceptors (Lipinski definition) is 2. The molecular weight excluding hydrogens is 237 g/mol. The van der Waals surface area contributed by atoms with Crippen LogP contribution in [0.1, 0.15) is 0 Å². The molecule has 1 nitrogen and oxygen atoms in total. The van der Waals surface area contributed by atoms with Crippen molar-refractivity contribution in [2.24, 2.45) is 0 Å². The molecule has 0 spiro atoms. The van der Waals surface area contributed by atoms with Crippen LogP contribution >= 0.6 is 23.4 Å². The molecule has 78 valence electrons. The average molecular weight is 243 g/mol. The summed E-state index contributed by atoms with van der Waals surface area (Å²) in [4.78, 5) is 0.395. The van der Waals surface area contributed by atoms with Crippen molar-refractivity contribution in [1.82, 2.24) is 0 Å². The van der Waals surface area contributed by atoms with Crippen LogP contribution in [-0.2, 0) is 0 Å². The average Bonchev–Trinajstić information content (AvgIpc) is 2.01. The molecule has 0 aliphatic rings. The summed E-state index contributed by atoms with van der Waals surface area (Å²) in [5.74, 6) is -0.266. The number of thioether (sulfide) groups is 1. The zero-order valence-electron chi connectivity index (χ0n) is 7.06. The Kier molecular flexibility index (Phi) is 3.55. The van der Waals surface area contributed by atoms with Gasteiger partial charge < -0.3 is 4.74 Å². The number of benzene rings is 1. The second kappa shape index (κ2) is 4.31. The van der Waals surface area contributed by atoms with Crippen LogP contribution in [0.4, 0.5) is 13.2 Å². The summed E-state index contributed by atoms with van der Waals surface area (Å²) in [7, 11) is 0. The Labute approximate surface area is 88.2 Å². The SMILES string of the molecule is CSc1ccc(Cl)cc1OC(F)(F)F. The second-order valence-corrected chi connectivity index (χ2v) is 3.63. The summed E-state index contributed by atoms with van der Waals surface area (Å²) >= 11 is 6.71. The first-order valence-corrected chi connectivity index (χ1v) is 5.12. The Morgan fingerprint density at radius 1 is 1.36 bits per heavy atom. The molecule has 0 aromatic heterocycles. The van der Waals surface area contributed by atoms with E-state index < -0.39 is 6.36 Å². The molecule has 0 heterocycles. The van der Waals surface area contributed by atoms with Gasteiger partial charge >= 0.3 is 6.36 Å². The quantitative estimate of drug-likeness (QED) is 0.726. The van der Waals surface area contributed by atoms with Crippen molar-refractivity contribution in [3.8, 4) is 5.75 Å². The van der Waals surface area contributed by atoms with Gasteiger partial charge in [-0.2, -0.15) is 0 Å². The first kappa shape index (κ1) is 11.5. The Morgan fingerprint density at radius 3 is 2.50 bits per heavy atom. The summed E-state index contributed by atoms with van der Waals surface area (Å²) in [5, 5.41) is 0.210. The van der Waals surface area contributed by atoms with E-state index in [4.69, 9.17) is 11.6 Å². The Hall–Kier alpha value is -0.550. The van der Waals surface area contributed by atoms with Gasteiger partial charge in [-0.3, -0.25) is 0 Å². The molecule has 1 aromatic rings. The molecule has 0 amide bonds. The Balaban J connectivity index is 2.99. The normalized spacial score (nSPS) is 11.5. The molecule has 0 atom stereocenters. The smallest absolute Gasteiger partial charge is 0.405 e. The standard InChI is InChI=1S/C8H6ClF3OS/c1-14-7-3-2-5(9)4-6(7)13-8(10,11)12/h2-4H,1H3. The molecule has 0 N–H and O–H groups in total. The minimum atomic E-state index is -4.69. The van der Waals surface area contributed by atoms with E-state index in [1.807, 2.05) is 0 Å². The van der Waals surface area contributed by atoms with Gasteiger partial charge in [0.15, 0.2) is 0 Å². The highest BCUT2D eigenvalue weighted by Crippen LogP contribution is 2.34. The lowest BCUT2D eigenvalue weighted by molar-refractivity contribution is -0.275. The third-order valence-electron chi connectivity index (χ3n) is 1.35. The number of rotatable bonds is 2. The van der Waals surface area contributed by atoms with E-state index in [-0.39, 0.29) is 10.8 Å². The van der Waals surface area contributed by atoms with E-state index in [0.29, 0.717) is 4.90 Å². The van der Waals surface area contributed by atoms with Gasteiger partial charge in [-0.05, 0) is 18.4 Å². The predicted molar refractivity (Wildman–Crippen MR) is 49.9 cm³/mol. The van der Waals surface area contributed by atoms with Crippen LogP contribution in [0.3, 0.4) is 0 Å². The molecule has 0 saturated heterocycles. The fourth-order valence-electron chi connectivity index (χ4n) is 0.855. The van der Waals surface area contributed by atoms with Crippen LogP contribution in [0, 0.1) is 0 Å². The highest BCUT2D eigenvalue weighted by molar-refractivity contribution is 7.98. The van der Waals surface area contributed by atoms with Crippen LogP contribution in [0.25, 0.3) is 0 Å². The summed E-state index contributed by atoms with van der Waals surface area (Å²) in [6.45, 7) is 0. The van der Waals surface area contributed by atoms with Gasteiger partial charge in [0.2, 0.25) is 0 Å². The summed E-state index contributed by atoms with van der Waals surface area (Å²) in [6.07, 6.45) is -3.03. The topological polar surface area (TPSA) is 9.23 Å². The molecule has 6 heteroatoms. The third kappa shape index (κ3) is 3.31. The van der Waals surface area contributed by atoms with Gasteiger partial charge in [0.05, 0.1) is 0 Å². The van der Waals surface area contributed by atoms with Gasteiger partial charge in [0.25, 0.3) is 0 Å². The number of halogens is 4. The molecule has 0 aliphatic carbocycles. The van der Waals surface area contributed by atoms with E-state index in [2.05, 4.69) is 4.74 Å². The zero-order chi connectivity index (χ0) is 10.8. The maximum absolute atomic E-state index is 11.9. The molecule has 0 saturated carbocycles. The number of hydrogen-bond donors (Lipinski definition) is 0. The number of alkyl halides is 3. The first-order valence-electron chi connectivity index (χ1n) is 3.51. The minimum absolute atomic E-state index is 0.210. The molecule has 0 radical (unpaired) electrons. The van der Waals surface area contributed by atoms with Crippen LogP contribution in [0.5, 0.6) is 5.75 Å². The number of ether oxygens (including phenoxy) is 1. The van der Waals surface area contributed by atoms with E-state index in [0.717, 1.165) is 17.8 Å². The fraction of sp³-hybridized carbons (Fsp3) is 0.250. The molecule has 0 aliphatic heterocycles. The van der Waals surface area contributed by atoms with Crippen LogP contribution < -0.4 is 4.74 Å². The summed E-state index contributed by atoms with van der Waals surface area (Å²) in [6, 6.07) is 4.13. The molecule has 0 unspecified atom stereocenters. The Morgan fingerprint density at radius 2 is 2.00 bits per heavy atom. The highest BCUT2D eigenvalue weighted by Gasteiger charge is 2.32. The van der Waals surface area contributed by atoms with E-state index in [1.165, 1.54) is 12.1 Å². The van der Waals surface area contributed by atoms with Gasteiger partial charge in [-0.15, -0.1) is 24.9 Å². The van der Waals surface area contributed by atoms with Gasteiger partial charge in [0, 0.05) is 16.0 Å². The monoisotopic (exact) mass is 242 g/mol. The maximum atomic E-state index is 11.9. The minimum Gasteiger partial charge on any atom is -0.405 e. The molecule has 0 fully saturated rings. The lowest BCUT2D eigenvalue weighted by atomic mass is 10.3. The van der Waals surface area contributed by atoms with Gasteiger partial charge in [0.1, 0.15) is 5.75 Å². The summed E-state index contributed by atoms with van der Waals surface area (Å²) in [5.41, 5.74) is 0. The predicted octanol–water partition coefficient (Wildman–Crippen LogP) is 3.96. The molecule has 0 bridgehead atoms. The van der Waals surface area contributed by atoms with Crippen molar-refractivity contribution in [2.45, 2.75) is 11.3 Å². The second-order valence-electron chi connectivity index (χ2n) is 2.34. The van der Waals surface area contributed by atoms with Crippen molar-refractivity contribution in [3.63, 3.8) is 0 Å². The molecule has 1 rings (SSSR count). The highest BCUT2D eigenvalue weighted by atomic mass is 35.5. The van der Waals surface area contributed by atoms with Crippen LogP contribution in [0.2, 0.25) is 5.02 Å². The van der Waals surface area contributed by atoms with Crippen molar-refractivity contribution in [3.05, 3.63) is 23.2 Å². The van der Waals surface area contributed by atoms with E-state index in [1.54, 1.807) is 6.26 Å². The molecule has 1 aromatic carbocycles. The third-order valence-corrected chi connectivity index (χ3v) is 2.36. The lowest BCUT2D eigenvalue weighted by Gasteiger charge is -2.11. The fourth-order valence-corrected chi connectivity index (χ4v) is 1.52. The van der Waals surface area contributed by atoms with Crippen molar-refractivity contribution in [1.29, 1.82) is 0 Å². The summed E-state index contributed by atoms with van der Waals surface area (Å²) < 4.78 is 39.5. The first-order chi connectivity index (χ1) is 6.42. The van der Waals surface area contributed by atoms with Crippen molar-refractivity contribution >= 4 is 23.4 Å². The van der Waals surface area contributed by atoms with Crippen LogP contribution in [0.15, 0.2) is 23.1 Å². The maximum Gasteiger partial charge on any atom is 0.573 e. The van der Waals surface area contributed by atoms with E-state index in [9.17, 15) is 13.2 Å². The van der Waals surface area contributed by atoms with E-state index >= 15 is 0 Å².